The first-order valence-electron chi connectivity index (χ1n) is 10.5. The minimum atomic E-state index is -0.161. The van der Waals surface area contributed by atoms with Crippen LogP contribution in [0.1, 0.15) is 12.8 Å². The van der Waals surface area contributed by atoms with Gasteiger partial charge in [-0.1, -0.05) is 12.1 Å². The molecule has 0 spiro atoms. The molecule has 0 saturated carbocycles. The second-order valence-corrected chi connectivity index (χ2v) is 8.01. The van der Waals surface area contributed by atoms with Crippen LogP contribution < -0.4 is 26.8 Å². The van der Waals surface area contributed by atoms with Crippen molar-refractivity contribution in [3.8, 4) is 11.5 Å². The van der Waals surface area contributed by atoms with Gasteiger partial charge in [0.1, 0.15) is 13.2 Å². The van der Waals surface area contributed by atoms with E-state index in [4.69, 9.17) is 14.2 Å². The predicted octanol–water partition coefficient (Wildman–Crippen LogP) is -2.96. The van der Waals surface area contributed by atoms with E-state index in [1.165, 1.54) is 12.0 Å². The number of urea groups is 1. The van der Waals surface area contributed by atoms with Crippen LogP contribution in [0.25, 0.3) is 0 Å². The van der Waals surface area contributed by atoms with Crippen LogP contribution in [0.3, 0.4) is 0 Å². The number of carbonyl (C=O) groups excluding carboxylic acids is 2. The van der Waals surface area contributed by atoms with Crippen LogP contribution in [0.2, 0.25) is 0 Å². The quantitative estimate of drug-likeness (QED) is 0.509. The van der Waals surface area contributed by atoms with Gasteiger partial charge in [-0.3, -0.25) is 4.79 Å². The Hall–Kier alpha value is -2.19. The Labute approximate surface area is 183 Å². The number of nitrogens with one attached hydrogen (secondary N) is 1. The maximum atomic E-state index is 12.8. The normalized spacial score (nSPS) is 22.2. The number of methoxy groups -OCH3 is 1. The Morgan fingerprint density at radius 1 is 1.07 bits per heavy atom. The molecule has 2 amide bonds. The molecule has 0 aliphatic carbocycles. The summed E-state index contributed by atoms with van der Waals surface area (Å²) in [6, 6.07) is 7.87. The Morgan fingerprint density at radius 2 is 1.70 bits per heavy atom. The molecule has 0 bridgehead atoms. The van der Waals surface area contributed by atoms with Gasteiger partial charge in [-0.2, -0.15) is 0 Å². The third kappa shape index (κ3) is 5.10. The number of hydrogen-bond acceptors (Lipinski definition) is 5. The van der Waals surface area contributed by atoms with Crippen LogP contribution in [-0.2, 0) is 9.53 Å². The molecule has 166 valence electrons. The molecule has 30 heavy (non-hydrogen) atoms. The molecule has 3 heterocycles. The van der Waals surface area contributed by atoms with E-state index in [0.29, 0.717) is 32.5 Å². The van der Waals surface area contributed by atoms with Crippen molar-refractivity contribution >= 4 is 12.0 Å². The number of likely N-dealkylation sites (tertiary alicyclic amines) is 1. The van der Waals surface area contributed by atoms with Gasteiger partial charge in [0.25, 0.3) is 0 Å². The Balaban J connectivity index is 0.00000256. The van der Waals surface area contributed by atoms with Crippen molar-refractivity contribution in [1.29, 1.82) is 0 Å². The van der Waals surface area contributed by atoms with Crippen molar-refractivity contribution < 1.29 is 41.1 Å². The highest BCUT2D eigenvalue weighted by Crippen LogP contribution is 2.30. The Kier molecular flexibility index (Phi) is 7.66. The van der Waals surface area contributed by atoms with E-state index < -0.39 is 0 Å². The molecule has 0 aromatic heterocycles. The molecule has 8 nitrogen and oxygen atoms in total. The summed E-state index contributed by atoms with van der Waals surface area (Å²) < 4.78 is 16.7. The summed E-state index contributed by atoms with van der Waals surface area (Å²) in [5, 5.41) is 0. The van der Waals surface area contributed by atoms with E-state index >= 15 is 0 Å². The third-order valence-corrected chi connectivity index (χ3v) is 6.12. The molecule has 1 aromatic carbocycles. The van der Waals surface area contributed by atoms with Gasteiger partial charge in [0.05, 0.1) is 39.2 Å². The minimum absolute atomic E-state index is 0. The molecule has 3 aliphatic heterocycles. The third-order valence-electron chi connectivity index (χ3n) is 6.12. The first-order chi connectivity index (χ1) is 14.1. The summed E-state index contributed by atoms with van der Waals surface area (Å²) >= 11 is 0. The van der Waals surface area contributed by atoms with Crippen LogP contribution in [0.15, 0.2) is 24.3 Å². The number of piperidine rings is 1. The summed E-state index contributed by atoms with van der Waals surface area (Å²) in [6.07, 6.45) is 1.41. The van der Waals surface area contributed by atoms with Crippen LogP contribution in [0.5, 0.6) is 11.5 Å². The molecule has 4 rings (SSSR count). The Morgan fingerprint density at radius 3 is 2.37 bits per heavy atom. The molecular formula is C21H30ClN3O5. The first-order valence-corrected chi connectivity index (χ1v) is 10.5. The molecule has 2 saturated heterocycles. The molecule has 1 atom stereocenters. The van der Waals surface area contributed by atoms with Crippen molar-refractivity contribution in [1.82, 2.24) is 9.80 Å². The lowest BCUT2D eigenvalue weighted by Crippen LogP contribution is -3.16. The second-order valence-electron chi connectivity index (χ2n) is 8.01. The number of para-hydroxylation sites is 2. The van der Waals surface area contributed by atoms with Crippen molar-refractivity contribution in [2.45, 2.75) is 18.9 Å². The highest BCUT2D eigenvalue weighted by molar-refractivity contribution is 5.76. The van der Waals surface area contributed by atoms with Gasteiger partial charge in [-0.05, 0) is 25.0 Å². The fraction of sp³-hybridized carbons (Fsp3) is 0.619. The highest BCUT2D eigenvalue weighted by atomic mass is 35.5. The molecule has 9 heteroatoms. The number of ether oxygens (including phenoxy) is 3. The predicted molar refractivity (Wildman–Crippen MR) is 105 cm³/mol. The maximum absolute atomic E-state index is 12.8. The number of rotatable bonds is 3. The van der Waals surface area contributed by atoms with E-state index in [2.05, 4.69) is 0 Å². The number of nitrogens with zero attached hydrogens (tertiary/aromatic N) is 2. The smallest absolute Gasteiger partial charge is 0.320 e. The van der Waals surface area contributed by atoms with Crippen LogP contribution in [-0.4, -0.2) is 87.4 Å². The number of fused-ring (bicyclic) bond motifs is 1. The monoisotopic (exact) mass is 439 g/mol. The van der Waals surface area contributed by atoms with Gasteiger partial charge in [-0.15, -0.1) is 0 Å². The number of benzene rings is 1. The van der Waals surface area contributed by atoms with E-state index in [9.17, 15) is 9.59 Å². The lowest BCUT2D eigenvalue weighted by atomic mass is 9.97. The number of hydrogen-bond donors (Lipinski definition) is 1. The fourth-order valence-corrected chi connectivity index (χ4v) is 4.38. The Bertz CT molecular complexity index is 733. The first kappa shape index (κ1) is 22.5. The van der Waals surface area contributed by atoms with Gasteiger partial charge in [0.15, 0.2) is 17.6 Å². The standard InChI is InChI=1S/C21H29N3O5.ClH/c1-27-20(25)16-6-8-23(9-7-16)21(26)24-12-10-22(11-13-24)14-17-15-28-18-4-2-3-5-19(18)29-17;/h2-5,16-17H,6-15H2,1H3;1H. The summed E-state index contributed by atoms with van der Waals surface area (Å²) in [6.45, 7) is 6.00. The van der Waals surface area contributed by atoms with Gasteiger partial charge in [0, 0.05) is 13.1 Å². The summed E-state index contributed by atoms with van der Waals surface area (Å²) in [5.41, 5.74) is 0. The van der Waals surface area contributed by atoms with Crippen molar-refractivity contribution in [2.24, 2.45) is 5.92 Å². The summed E-state index contributed by atoms with van der Waals surface area (Å²) in [7, 11) is 1.42. The van der Waals surface area contributed by atoms with E-state index in [1.807, 2.05) is 34.1 Å². The largest absolute Gasteiger partial charge is 1.00 e. The topological polar surface area (TPSA) is 72.8 Å². The average molecular weight is 440 g/mol. The van der Waals surface area contributed by atoms with Gasteiger partial charge in [0.2, 0.25) is 0 Å². The van der Waals surface area contributed by atoms with Crippen LogP contribution in [0, 0.1) is 5.92 Å². The number of carbonyl (C=O) groups is 2. The van der Waals surface area contributed by atoms with Gasteiger partial charge >= 0.3 is 12.0 Å². The number of piperazine rings is 1. The van der Waals surface area contributed by atoms with Crippen LogP contribution in [0.4, 0.5) is 4.79 Å². The molecule has 1 aromatic rings. The number of halogens is 1. The minimum Gasteiger partial charge on any atom is -1.00 e. The number of amides is 2. The van der Waals surface area contributed by atoms with Gasteiger partial charge in [-0.25, -0.2) is 4.79 Å². The fourth-order valence-electron chi connectivity index (χ4n) is 4.38. The van der Waals surface area contributed by atoms with E-state index in [0.717, 1.165) is 44.2 Å². The molecule has 2 fully saturated rings. The van der Waals surface area contributed by atoms with Crippen LogP contribution >= 0.6 is 0 Å². The average Bonchev–Trinajstić information content (AvgIpc) is 2.78. The lowest BCUT2D eigenvalue weighted by molar-refractivity contribution is -0.906. The summed E-state index contributed by atoms with van der Waals surface area (Å²) in [5.74, 6) is 1.39. The van der Waals surface area contributed by atoms with Gasteiger partial charge < -0.3 is 41.3 Å². The number of esters is 1. The molecule has 1 unspecified atom stereocenters. The second kappa shape index (κ2) is 10.2. The zero-order valence-corrected chi connectivity index (χ0v) is 18.1. The molecule has 3 aliphatic rings. The lowest BCUT2D eigenvalue weighted by Gasteiger charge is -2.38. The van der Waals surface area contributed by atoms with E-state index in [1.54, 1.807) is 0 Å². The zero-order chi connectivity index (χ0) is 20.2. The van der Waals surface area contributed by atoms with Crippen molar-refractivity contribution in [3.05, 3.63) is 24.3 Å². The van der Waals surface area contributed by atoms with E-state index in [-0.39, 0.29) is 36.4 Å². The maximum Gasteiger partial charge on any atom is 0.320 e. The SMILES string of the molecule is COC(=O)C1CCN(C(=O)N2CC[NH+](CC3COc4ccccc4O3)CC2)CC1.[Cl-]. The van der Waals surface area contributed by atoms with Crippen molar-refractivity contribution in [3.63, 3.8) is 0 Å². The van der Waals surface area contributed by atoms with Crippen molar-refractivity contribution in [2.75, 3.05) is 59.5 Å². The number of quaternary nitrogens is 1. The molecular weight excluding hydrogens is 410 g/mol. The molecule has 0 radical (unpaired) electrons. The molecule has 1 N–H and O–H groups in total. The zero-order valence-electron chi connectivity index (χ0n) is 17.3. The summed E-state index contributed by atoms with van der Waals surface area (Å²) in [4.78, 5) is 29.7. The highest BCUT2D eigenvalue weighted by Gasteiger charge is 2.33.